The molecule has 0 aromatic carbocycles. The van der Waals surface area contributed by atoms with Crippen LogP contribution in [0.4, 0.5) is 5.82 Å². The summed E-state index contributed by atoms with van der Waals surface area (Å²) < 4.78 is 0. The summed E-state index contributed by atoms with van der Waals surface area (Å²) in [6.45, 7) is 17.1. The van der Waals surface area contributed by atoms with Crippen LogP contribution < -0.4 is 5.73 Å². The molecule has 0 aliphatic heterocycles. The van der Waals surface area contributed by atoms with Crippen LogP contribution in [0.5, 0.6) is 0 Å². The molecule has 1 heterocycles. The van der Waals surface area contributed by atoms with Crippen molar-refractivity contribution in [2.24, 2.45) is 51.2 Å². The lowest BCUT2D eigenvalue weighted by molar-refractivity contribution is -0.179. The molecule has 9 atom stereocenters. The summed E-state index contributed by atoms with van der Waals surface area (Å²) in [6.07, 6.45) is 10.7. The van der Waals surface area contributed by atoms with Crippen LogP contribution >= 0.6 is 0 Å². The van der Waals surface area contributed by atoms with Crippen molar-refractivity contribution in [3.63, 3.8) is 0 Å². The zero-order valence-electron chi connectivity index (χ0n) is 23.5. The number of aromatic nitrogens is 2. The van der Waals surface area contributed by atoms with Gasteiger partial charge in [-0.15, -0.1) is 0 Å². The number of carboxylic acids is 1. The van der Waals surface area contributed by atoms with Crippen molar-refractivity contribution in [2.75, 3.05) is 5.73 Å². The summed E-state index contributed by atoms with van der Waals surface area (Å²) in [5, 5.41) is 18.4. The highest BCUT2D eigenvalue weighted by Gasteiger charge is 2.69. The second kappa shape index (κ2) is 7.20. The molecule has 0 saturated heterocycles. The third-order valence-corrected chi connectivity index (χ3v) is 13.7. The Bertz CT molecular complexity index is 1150. The number of aromatic amines is 1. The third-order valence-electron chi connectivity index (χ3n) is 13.7. The standard InChI is InChI=1S/C31H47N3O2/c1-17-10-13-31(26(35)36)15-14-29(6)20(23(31)18(17)2)8-9-22-28(5)16-19-24(33-34-25(19)32)27(3,4)21(28)11-12-30(22,29)7/h8,17-18,21-23H,9-16H2,1-7H3,(H,35,36)(H3,32,33,34)/t17?,18?,21?,22?,23?,28-,29+,30+,31-/m0/s1. The van der Waals surface area contributed by atoms with E-state index in [1.165, 1.54) is 29.7 Å². The quantitative estimate of drug-likeness (QED) is 0.377. The van der Waals surface area contributed by atoms with Gasteiger partial charge < -0.3 is 10.8 Å². The van der Waals surface area contributed by atoms with Gasteiger partial charge in [-0.05, 0) is 97.2 Å². The second-order valence-corrected chi connectivity index (χ2v) is 15.0. The lowest BCUT2D eigenvalue weighted by Crippen LogP contribution is -2.65. The number of nitrogens with zero attached hydrogens (tertiary/aromatic N) is 1. The van der Waals surface area contributed by atoms with E-state index in [2.05, 4.69) is 64.7 Å². The van der Waals surface area contributed by atoms with Crippen LogP contribution in [0, 0.1) is 51.2 Å². The van der Waals surface area contributed by atoms with Crippen LogP contribution in [0.2, 0.25) is 0 Å². The molecule has 1 aromatic heterocycles. The Kier molecular flexibility index (Phi) is 4.91. The number of carbonyl (C=O) groups is 1. The zero-order chi connectivity index (χ0) is 26.1. The zero-order valence-corrected chi connectivity index (χ0v) is 23.5. The fraction of sp³-hybridized carbons (Fsp3) is 0.806. The largest absolute Gasteiger partial charge is 0.481 e. The molecule has 198 valence electrons. The molecule has 0 radical (unpaired) electrons. The molecule has 0 spiro atoms. The number of nitrogens with one attached hydrogen (secondary N) is 1. The van der Waals surface area contributed by atoms with Crippen molar-refractivity contribution in [1.29, 1.82) is 0 Å². The summed E-state index contributed by atoms with van der Waals surface area (Å²) in [5.41, 5.74) is 10.2. The van der Waals surface area contributed by atoms with Crippen molar-refractivity contribution in [1.82, 2.24) is 10.2 Å². The minimum atomic E-state index is -0.575. The number of nitrogen functional groups attached to an aromatic ring is 1. The Hall–Kier alpha value is -1.78. The summed E-state index contributed by atoms with van der Waals surface area (Å²) in [4.78, 5) is 12.9. The number of anilines is 1. The molecular formula is C31H47N3O2. The normalized spacial score (nSPS) is 49.0. The van der Waals surface area contributed by atoms with Crippen molar-refractivity contribution < 1.29 is 9.90 Å². The first-order valence-electron chi connectivity index (χ1n) is 14.5. The highest BCUT2D eigenvalue weighted by Crippen LogP contribution is 2.75. The van der Waals surface area contributed by atoms with E-state index in [1.807, 2.05) is 0 Å². The number of allylic oxidation sites excluding steroid dienone is 2. The highest BCUT2D eigenvalue weighted by atomic mass is 16.4. The molecule has 0 amide bonds. The maximum Gasteiger partial charge on any atom is 0.310 e. The van der Waals surface area contributed by atoms with Crippen molar-refractivity contribution in [2.45, 2.75) is 105 Å². The number of fused-ring (bicyclic) bond motifs is 8. The molecule has 6 rings (SSSR count). The van der Waals surface area contributed by atoms with Gasteiger partial charge in [-0.25, -0.2) is 0 Å². The molecule has 3 saturated carbocycles. The maximum absolute atomic E-state index is 12.9. The van der Waals surface area contributed by atoms with Crippen LogP contribution in [0.25, 0.3) is 0 Å². The van der Waals surface area contributed by atoms with Gasteiger partial charge in [0.05, 0.1) is 5.41 Å². The minimum Gasteiger partial charge on any atom is -0.481 e. The molecule has 5 unspecified atom stereocenters. The van der Waals surface area contributed by atoms with Crippen LogP contribution in [-0.2, 0) is 16.6 Å². The Morgan fingerprint density at radius 2 is 1.78 bits per heavy atom. The predicted molar refractivity (Wildman–Crippen MR) is 143 cm³/mol. The number of aliphatic carboxylic acids is 1. The second-order valence-electron chi connectivity index (χ2n) is 15.0. The van der Waals surface area contributed by atoms with E-state index in [-0.39, 0.29) is 27.6 Å². The van der Waals surface area contributed by atoms with E-state index in [1.54, 1.807) is 0 Å². The van der Waals surface area contributed by atoms with Crippen LogP contribution in [-0.4, -0.2) is 21.3 Å². The van der Waals surface area contributed by atoms with Crippen molar-refractivity contribution >= 4 is 11.8 Å². The fourth-order valence-corrected chi connectivity index (χ4v) is 11.3. The highest BCUT2D eigenvalue weighted by molar-refractivity contribution is 5.76. The first-order chi connectivity index (χ1) is 16.7. The fourth-order valence-electron chi connectivity index (χ4n) is 11.3. The van der Waals surface area contributed by atoms with Crippen molar-refractivity contribution in [3.8, 4) is 0 Å². The summed E-state index contributed by atoms with van der Waals surface area (Å²) in [7, 11) is 0. The Balaban J connectivity index is 1.49. The van der Waals surface area contributed by atoms with E-state index < -0.39 is 11.4 Å². The minimum absolute atomic E-state index is 0.0114. The van der Waals surface area contributed by atoms with Crippen molar-refractivity contribution in [3.05, 3.63) is 22.9 Å². The molecule has 5 aliphatic rings. The van der Waals surface area contributed by atoms with Gasteiger partial charge in [0.15, 0.2) is 0 Å². The van der Waals surface area contributed by atoms with Crippen LogP contribution in [0.1, 0.15) is 105 Å². The first-order valence-corrected chi connectivity index (χ1v) is 14.5. The Labute approximate surface area is 217 Å². The molecule has 3 fully saturated rings. The average Bonchev–Trinajstić information content (AvgIpc) is 3.17. The Morgan fingerprint density at radius 1 is 1.06 bits per heavy atom. The summed E-state index contributed by atoms with van der Waals surface area (Å²) in [5.74, 6) is 2.41. The van der Waals surface area contributed by atoms with Crippen LogP contribution in [0.3, 0.4) is 0 Å². The first kappa shape index (κ1) is 24.6. The van der Waals surface area contributed by atoms with Gasteiger partial charge in [0.2, 0.25) is 0 Å². The molecular weight excluding hydrogens is 446 g/mol. The molecule has 1 aromatic rings. The van der Waals surface area contributed by atoms with E-state index in [9.17, 15) is 9.90 Å². The molecule has 36 heavy (non-hydrogen) atoms. The molecule has 5 heteroatoms. The maximum atomic E-state index is 12.9. The molecule has 5 nitrogen and oxygen atoms in total. The number of nitrogens with two attached hydrogens (primary N) is 1. The van der Waals surface area contributed by atoms with Gasteiger partial charge in [-0.2, -0.15) is 5.10 Å². The smallest absolute Gasteiger partial charge is 0.310 e. The molecule has 5 aliphatic carbocycles. The SMILES string of the molecule is CC1CC[C@]2(C(=O)O)CC[C@]3(C)C(=CCC4[C@@]5(C)Cc6c(N)n[nH]c6C(C)(C)C5CC[C@]43C)C2C1C. The number of carboxylic acid groups (broad SMARTS) is 1. The van der Waals surface area contributed by atoms with E-state index in [4.69, 9.17) is 5.73 Å². The predicted octanol–water partition coefficient (Wildman–Crippen LogP) is 6.75. The number of rotatable bonds is 1. The number of hydrogen-bond donors (Lipinski definition) is 3. The third kappa shape index (κ3) is 2.63. The van der Waals surface area contributed by atoms with E-state index in [0.717, 1.165) is 38.5 Å². The van der Waals surface area contributed by atoms with Crippen LogP contribution in [0.15, 0.2) is 11.6 Å². The molecule has 4 N–H and O–H groups in total. The lowest BCUT2D eigenvalue weighted by Gasteiger charge is -2.70. The summed E-state index contributed by atoms with van der Waals surface area (Å²) in [6, 6.07) is 0. The van der Waals surface area contributed by atoms with Gasteiger partial charge in [-0.3, -0.25) is 9.89 Å². The van der Waals surface area contributed by atoms with E-state index in [0.29, 0.717) is 29.5 Å². The van der Waals surface area contributed by atoms with Gasteiger partial charge in [-0.1, -0.05) is 60.1 Å². The average molecular weight is 494 g/mol. The Morgan fingerprint density at radius 3 is 2.47 bits per heavy atom. The number of H-pyrrole nitrogens is 1. The van der Waals surface area contributed by atoms with E-state index >= 15 is 0 Å². The number of hydrogen-bond acceptors (Lipinski definition) is 3. The van der Waals surface area contributed by atoms with Gasteiger partial charge in [0, 0.05) is 16.7 Å². The topological polar surface area (TPSA) is 92.0 Å². The summed E-state index contributed by atoms with van der Waals surface area (Å²) >= 11 is 0. The van der Waals surface area contributed by atoms with Gasteiger partial charge in [0.25, 0.3) is 0 Å². The lowest BCUT2D eigenvalue weighted by atomic mass is 9.33. The molecule has 0 bridgehead atoms. The van der Waals surface area contributed by atoms with Gasteiger partial charge in [0.1, 0.15) is 5.82 Å². The monoisotopic (exact) mass is 493 g/mol. The van der Waals surface area contributed by atoms with Gasteiger partial charge >= 0.3 is 5.97 Å².